The Hall–Kier alpha value is -1.37. The molecule has 0 aliphatic carbocycles. The van der Waals surface area contributed by atoms with Crippen LogP contribution in [0.1, 0.15) is 19.8 Å². The van der Waals surface area contributed by atoms with E-state index in [2.05, 4.69) is 6.58 Å². The van der Waals surface area contributed by atoms with Gasteiger partial charge in [0.25, 0.3) is 0 Å². The smallest absolute Gasteiger partial charge is 0.325 e. The molecule has 0 aromatic carbocycles. The molecule has 1 atom stereocenters. The van der Waals surface area contributed by atoms with E-state index in [0.717, 1.165) is 0 Å². The summed E-state index contributed by atoms with van der Waals surface area (Å²) in [7, 11) is -2.99. The van der Waals surface area contributed by atoms with Crippen LogP contribution in [-0.4, -0.2) is 56.4 Å². The van der Waals surface area contributed by atoms with Gasteiger partial charge in [-0.2, -0.15) is 0 Å². The fraction of sp³-hybridized carbons (Fsp3) is 0.692. The number of rotatable bonds is 7. The third-order valence-corrected chi connectivity index (χ3v) is 4.95. The topological polar surface area (TPSA) is 80.8 Å². The van der Waals surface area contributed by atoms with Crippen LogP contribution in [0, 0.1) is 5.92 Å². The van der Waals surface area contributed by atoms with Gasteiger partial charge in [0.2, 0.25) is 5.91 Å². The molecule has 7 heteroatoms. The minimum Gasteiger partial charge on any atom is -0.465 e. The van der Waals surface area contributed by atoms with Gasteiger partial charge in [0.05, 0.1) is 18.1 Å². The highest BCUT2D eigenvalue weighted by Crippen LogP contribution is 2.22. The highest BCUT2D eigenvalue weighted by atomic mass is 32.2. The molecule has 1 heterocycles. The van der Waals surface area contributed by atoms with Crippen molar-refractivity contribution in [3.05, 3.63) is 12.7 Å². The van der Waals surface area contributed by atoms with Crippen molar-refractivity contribution in [3.63, 3.8) is 0 Å². The molecule has 114 valence electrons. The predicted molar refractivity (Wildman–Crippen MR) is 74.8 cm³/mol. The van der Waals surface area contributed by atoms with Crippen LogP contribution < -0.4 is 0 Å². The van der Waals surface area contributed by atoms with Crippen LogP contribution in [0.5, 0.6) is 0 Å². The highest BCUT2D eigenvalue weighted by Gasteiger charge is 2.30. The van der Waals surface area contributed by atoms with Crippen LogP contribution in [0.3, 0.4) is 0 Å². The summed E-state index contributed by atoms with van der Waals surface area (Å²) in [4.78, 5) is 24.9. The van der Waals surface area contributed by atoms with E-state index in [0.29, 0.717) is 6.42 Å². The minimum absolute atomic E-state index is 0.0556. The molecule has 0 bridgehead atoms. The Morgan fingerprint density at radius 2 is 2.15 bits per heavy atom. The molecule has 1 unspecified atom stereocenters. The first-order chi connectivity index (χ1) is 9.38. The van der Waals surface area contributed by atoms with Crippen molar-refractivity contribution in [2.24, 2.45) is 5.92 Å². The van der Waals surface area contributed by atoms with Crippen LogP contribution in [0.25, 0.3) is 0 Å². The van der Waals surface area contributed by atoms with Crippen LogP contribution in [-0.2, 0) is 24.2 Å². The number of hydrogen-bond acceptors (Lipinski definition) is 5. The fourth-order valence-corrected chi connectivity index (χ4v) is 4.04. The van der Waals surface area contributed by atoms with E-state index in [4.69, 9.17) is 4.74 Å². The summed E-state index contributed by atoms with van der Waals surface area (Å²) in [5.41, 5.74) is 0. The second kappa shape index (κ2) is 7.42. The summed E-state index contributed by atoms with van der Waals surface area (Å²) in [6.07, 6.45) is 2.18. The zero-order valence-corrected chi connectivity index (χ0v) is 12.5. The lowest BCUT2D eigenvalue weighted by Gasteiger charge is -2.21. The van der Waals surface area contributed by atoms with Gasteiger partial charge in [-0.25, -0.2) is 8.42 Å². The molecule has 0 spiro atoms. The quantitative estimate of drug-likeness (QED) is 0.502. The maximum Gasteiger partial charge on any atom is 0.325 e. The Labute approximate surface area is 119 Å². The van der Waals surface area contributed by atoms with Crippen LogP contribution in [0.4, 0.5) is 0 Å². The molecule has 20 heavy (non-hydrogen) atoms. The maximum absolute atomic E-state index is 12.1. The van der Waals surface area contributed by atoms with Crippen LogP contribution in [0.2, 0.25) is 0 Å². The zero-order chi connectivity index (χ0) is 15.2. The monoisotopic (exact) mass is 303 g/mol. The summed E-state index contributed by atoms with van der Waals surface area (Å²) in [5.74, 6) is -0.659. The number of carbonyl (C=O) groups is 2. The van der Waals surface area contributed by atoms with Crippen molar-refractivity contribution >= 4 is 21.7 Å². The van der Waals surface area contributed by atoms with Crippen molar-refractivity contribution in [1.82, 2.24) is 4.90 Å². The average molecular weight is 303 g/mol. The lowest BCUT2D eigenvalue weighted by Crippen LogP contribution is -2.37. The highest BCUT2D eigenvalue weighted by molar-refractivity contribution is 7.91. The molecule has 1 rings (SSSR count). The van der Waals surface area contributed by atoms with E-state index in [1.807, 2.05) is 0 Å². The molecule has 0 aromatic heterocycles. The van der Waals surface area contributed by atoms with Gasteiger partial charge in [0.15, 0.2) is 9.84 Å². The third-order valence-electron chi connectivity index (χ3n) is 3.12. The van der Waals surface area contributed by atoms with Gasteiger partial charge >= 0.3 is 5.97 Å². The van der Waals surface area contributed by atoms with Crippen molar-refractivity contribution in [2.75, 3.05) is 31.2 Å². The molecule has 1 saturated heterocycles. The van der Waals surface area contributed by atoms with E-state index < -0.39 is 15.8 Å². The number of sulfone groups is 1. The summed E-state index contributed by atoms with van der Waals surface area (Å²) < 4.78 is 27.5. The Kier molecular flexibility index (Phi) is 6.19. The standard InChI is InChI=1S/C13H21NO5S/c1-3-6-14(9-13(16)19-4-2)12(15)8-11-5-7-20(17,18)10-11/h3,11H,1,4-10H2,2H3. The van der Waals surface area contributed by atoms with Crippen molar-refractivity contribution < 1.29 is 22.7 Å². The summed E-state index contributed by atoms with van der Waals surface area (Å²) in [6.45, 7) is 5.62. The van der Waals surface area contributed by atoms with Crippen LogP contribution >= 0.6 is 0 Å². The predicted octanol–water partition coefficient (Wildman–Crippen LogP) is 0.389. The number of esters is 1. The average Bonchev–Trinajstić information content (AvgIpc) is 2.68. The lowest BCUT2D eigenvalue weighted by atomic mass is 10.0. The first-order valence-corrected chi connectivity index (χ1v) is 8.44. The SMILES string of the molecule is C=CCN(CC(=O)OCC)C(=O)CC1CCS(=O)(=O)C1. The first-order valence-electron chi connectivity index (χ1n) is 6.62. The molecule has 0 radical (unpaired) electrons. The Balaban J connectivity index is 2.56. The Morgan fingerprint density at radius 1 is 1.45 bits per heavy atom. The summed E-state index contributed by atoms with van der Waals surface area (Å²) in [6, 6.07) is 0. The van der Waals surface area contributed by atoms with Crippen molar-refractivity contribution in [2.45, 2.75) is 19.8 Å². The second-order valence-electron chi connectivity index (χ2n) is 4.84. The second-order valence-corrected chi connectivity index (χ2v) is 7.07. The molecule has 0 aromatic rings. The number of amides is 1. The summed E-state index contributed by atoms with van der Waals surface area (Å²) >= 11 is 0. The van der Waals surface area contributed by atoms with Crippen molar-refractivity contribution in [1.29, 1.82) is 0 Å². The van der Waals surface area contributed by atoms with Crippen molar-refractivity contribution in [3.8, 4) is 0 Å². The molecule has 6 nitrogen and oxygen atoms in total. The van der Waals surface area contributed by atoms with E-state index in [9.17, 15) is 18.0 Å². The number of carbonyl (C=O) groups excluding carboxylic acids is 2. The normalized spacial score (nSPS) is 20.4. The molecule has 1 aliphatic rings. The Bertz CT molecular complexity index is 471. The minimum atomic E-state index is -2.99. The lowest BCUT2D eigenvalue weighted by molar-refractivity contribution is -0.148. The van der Waals surface area contributed by atoms with Gasteiger partial charge in [-0.3, -0.25) is 9.59 Å². The van der Waals surface area contributed by atoms with Gasteiger partial charge in [-0.05, 0) is 19.3 Å². The van der Waals surface area contributed by atoms with E-state index in [1.165, 1.54) is 11.0 Å². The van der Waals surface area contributed by atoms with Gasteiger partial charge in [-0.1, -0.05) is 6.08 Å². The molecular weight excluding hydrogens is 282 g/mol. The largest absolute Gasteiger partial charge is 0.465 e. The van der Waals surface area contributed by atoms with E-state index in [1.54, 1.807) is 6.92 Å². The van der Waals surface area contributed by atoms with E-state index in [-0.39, 0.29) is 49.4 Å². The van der Waals surface area contributed by atoms with Crippen LogP contribution in [0.15, 0.2) is 12.7 Å². The molecule has 0 saturated carbocycles. The number of ether oxygens (including phenoxy) is 1. The maximum atomic E-state index is 12.1. The number of hydrogen-bond donors (Lipinski definition) is 0. The van der Waals surface area contributed by atoms with E-state index >= 15 is 0 Å². The Morgan fingerprint density at radius 3 is 2.65 bits per heavy atom. The fourth-order valence-electron chi connectivity index (χ4n) is 2.18. The molecule has 1 aliphatic heterocycles. The number of nitrogens with zero attached hydrogens (tertiary/aromatic N) is 1. The zero-order valence-electron chi connectivity index (χ0n) is 11.7. The van der Waals surface area contributed by atoms with Gasteiger partial charge in [0.1, 0.15) is 6.54 Å². The molecule has 1 fully saturated rings. The first kappa shape index (κ1) is 16.7. The summed E-state index contributed by atoms with van der Waals surface area (Å²) in [5, 5.41) is 0. The molecule has 1 amide bonds. The molecular formula is C13H21NO5S. The molecule has 0 N–H and O–H groups in total. The third kappa shape index (κ3) is 5.32. The van der Waals surface area contributed by atoms with Gasteiger partial charge in [0, 0.05) is 13.0 Å². The van der Waals surface area contributed by atoms with Gasteiger partial charge < -0.3 is 9.64 Å². The van der Waals surface area contributed by atoms with Gasteiger partial charge in [-0.15, -0.1) is 6.58 Å².